The number of pyridine rings is 1. The Balaban J connectivity index is 2.02. The maximum Gasteiger partial charge on any atom is 0.126 e. The van der Waals surface area contributed by atoms with Crippen molar-refractivity contribution < 1.29 is 5.11 Å². The standard InChI is InChI=1S/C11H15ClN2O/c1-11(2)8(5-9(11)15)14-10-4-3-7(12)6-13-10/h3-4,6,8-9,15H,5H2,1-2H3,(H,13,14). The molecule has 1 aromatic rings. The number of halogens is 1. The summed E-state index contributed by atoms with van der Waals surface area (Å²) in [5.41, 5.74) is -0.0820. The van der Waals surface area contributed by atoms with Gasteiger partial charge < -0.3 is 10.4 Å². The third-order valence-electron chi connectivity index (χ3n) is 3.27. The lowest BCUT2D eigenvalue weighted by Crippen LogP contribution is -2.57. The van der Waals surface area contributed by atoms with Gasteiger partial charge in [0.1, 0.15) is 5.82 Å². The summed E-state index contributed by atoms with van der Waals surface area (Å²) in [6.45, 7) is 4.10. The number of hydrogen-bond donors (Lipinski definition) is 2. The zero-order chi connectivity index (χ0) is 11.1. The van der Waals surface area contributed by atoms with Crippen molar-refractivity contribution in [2.45, 2.75) is 32.4 Å². The first-order valence-corrected chi connectivity index (χ1v) is 5.44. The molecule has 0 spiro atoms. The monoisotopic (exact) mass is 226 g/mol. The average molecular weight is 227 g/mol. The highest BCUT2D eigenvalue weighted by molar-refractivity contribution is 6.30. The number of rotatable bonds is 2. The van der Waals surface area contributed by atoms with Crippen molar-refractivity contribution in [3.8, 4) is 0 Å². The van der Waals surface area contributed by atoms with Crippen LogP contribution in [0.3, 0.4) is 0 Å². The number of nitrogens with one attached hydrogen (secondary N) is 1. The summed E-state index contributed by atoms with van der Waals surface area (Å²) in [5.74, 6) is 0.810. The van der Waals surface area contributed by atoms with Gasteiger partial charge in [-0.05, 0) is 18.6 Å². The third kappa shape index (κ3) is 1.94. The van der Waals surface area contributed by atoms with Gasteiger partial charge >= 0.3 is 0 Å². The summed E-state index contributed by atoms with van der Waals surface area (Å²) in [4.78, 5) is 4.17. The van der Waals surface area contributed by atoms with E-state index < -0.39 is 0 Å². The molecule has 0 amide bonds. The van der Waals surface area contributed by atoms with Crippen molar-refractivity contribution in [1.29, 1.82) is 0 Å². The van der Waals surface area contributed by atoms with E-state index in [0.717, 1.165) is 12.2 Å². The van der Waals surface area contributed by atoms with E-state index in [9.17, 15) is 5.11 Å². The van der Waals surface area contributed by atoms with E-state index in [1.165, 1.54) is 0 Å². The fourth-order valence-corrected chi connectivity index (χ4v) is 1.90. The van der Waals surface area contributed by atoms with Crippen LogP contribution in [0.2, 0.25) is 5.02 Å². The van der Waals surface area contributed by atoms with E-state index in [1.807, 2.05) is 6.07 Å². The molecule has 15 heavy (non-hydrogen) atoms. The highest BCUT2D eigenvalue weighted by Gasteiger charge is 2.47. The number of aromatic nitrogens is 1. The second-order valence-electron chi connectivity index (χ2n) is 4.63. The summed E-state index contributed by atoms with van der Waals surface area (Å²) < 4.78 is 0. The van der Waals surface area contributed by atoms with Gasteiger partial charge in [0.05, 0.1) is 11.1 Å². The Morgan fingerprint density at radius 1 is 1.53 bits per heavy atom. The van der Waals surface area contributed by atoms with Crippen LogP contribution >= 0.6 is 11.6 Å². The number of hydrogen-bond acceptors (Lipinski definition) is 3. The lowest BCUT2D eigenvalue weighted by atomic mass is 9.64. The third-order valence-corrected chi connectivity index (χ3v) is 3.49. The van der Waals surface area contributed by atoms with Crippen molar-refractivity contribution in [2.75, 3.05) is 5.32 Å². The van der Waals surface area contributed by atoms with Crippen molar-refractivity contribution >= 4 is 17.4 Å². The van der Waals surface area contributed by atoms with Gasteiger partial charge in [-0.25, -0.2) is 4.98 Å². The molecule has 0 bridgehead atoms. The molecule has 4 heteroatoms. The van der Waals surface area contributed by atoms with Crippen LogP contribution in [-0.4, -0.2) is 22.2 Å². The highest BCUT2D eigenvalue weighted by atomic mass is 35.5. The van der Waals surface area contributed by atoms with Gasteiger partial charge in [0, 0.05) is 17.7 Å². The van der Waals surface area contributed by atoms with Crippen LogP contribution in [0.1, 0.15) is 20.3 Å². The number of aliphatic hydroxyl groups is 1. The summed E-state index contributed by atoms with van der Waals surface area (Å²) >= 11 is 5.75. The Morgan fingerprint density at radius 2 is 2.27 bits per heavy atom. The normalized spacial score (nSPS) is 28.3. The molecule has 0 aromatic carbocycles. The molecule has 1 aliphatic rings. The number of anilines is 1. The van der Waals surface area contributed by atoms with Crippen LogP contribution in [0.25, 0.3) is 0 Å². The van der Waals surface area contributed by atoms with E-state index in [2.05, 4.69) is 24.1 Å². The Kier molecular flexibility index (Phi) is 2.61. The van der Waals surface area contributed by atoms with E-state index in [1.54, 1.807) is 12.3 Å². The van der Waals surface area contributed by atoms with Gasteiger partial charge in [-0.1, -0.05) is 25.4 Å². The fourth-order valence-electron chi connectivity index (χ4n) is 1.79. The maximum atomic E-state index is 9.59. The highest BCUT2D eigenvalue weighted by Crippen LogP contribution is 2.41. The molecule has 0 saturated heterocycles. The van der Waals surface area contributed by atoms with E-state index in [0.29, 0.717) is 5.02 Å². The maximum absolute atomic E-state index is 9.59. The molecule has 3 nitrogen and oxygen atoms in total. The molecule has 82 valence electrons. The van der Waals surface area contributed by atoms with Gasteiger partial charge in [0.25, 0.3) is 0 Å². The van der Waals surface area contributed by atoms with Gasteiger partial charge in [0.15, 0.2) is 0 Å². The molecule has 2 atom stereocenters. The summed E-state index contributed by atoms with van der Waals surface area (Å²) in [6.07, 6.45) is 2.17. The first kappa shape index (κ1) is 10.7. The van der Waals surface area contributed by atoms with Gasteiger partial charge in [0.2, 0.25) is 0 Å². The largest absolute Gasteiger partial charge is 0.392 e. The molecule has 0 radical (unpaired) electrons. The molecule has 1 fully saturated rings. The van der Waals surface area contributed by atoms with Crippen LogP contribution < -0.4 is 5.32 Å². The molecule has 1 saturated carbocycles. The molecule has 1 aliphatic carbocycles. The molecule has 1 aromatic heterocycles. The predicted octanol–water partition coefficient (Wildman–Crippen LogP) is 2.31. The Morgan fingerprint density at radius 3 is 2.73 bits per heavy atom. The minimum atomic E-state index is -0.220. The van der Waals surface area contributed by atoms with Crippen molar-refractivity contribution in [3.05, 3.63) is 23.4 Å². The molecular formula is C11H15ClN2O. The second-order valence-corrected chi connectivity index (χ2v) is 5.07. The zero-order valence-corrected chi connectivity index (χ0v) is 9.62. The first-order chi connectivity index (χ1) is 7.00. The van der Waals surface area contributed by atoms with Gasteiger partial charge in [-0.3, -0.25) is 0 Å². The lowest BCUT2D eigenvalue weighted by Gasteiger charge is -2.49. The number of aliphatic hydroxyl groups excluding tert-OH is 1. The second kappa shape index (κ2) is 3.65. The Bertz CT molecular complexity index is 350. The average Bonchev–Trinajstić information content (AvgIpc) is 2.21. The van der Waals surface area contributed by atoms with Crippen LogP contribution in [0, 0.1) is 5.41 Å². The van der Waals surface area contributed by atoms with Crippen molar-refractivity contribution in [3.63, 3.8) is 0 Å². The quantitative estimate of drug-likeness (QED) is 0.814. The molecule has 0 aliphatic heterocycles. The zero-order valence-electron chi connectivity index (χ0n) is 8.87. The minimum Gasteiger partial charge on any atom is -0.392 e. The van der Waals surface area contributed by atoms with Gasteiger partial charge in [-0.2, -0.15) is 0 Å². The summed E-state index contributed by atoms with van der Waals surface area (Å²) in [6, 6.07) is 3.93. The van der Waals surface area contributed by atoms with Crippen LogP contribution in [-0.2, 0) is 0 Å². The van der Waals surface area contributed by atoms with Crippen LogP contribution in [0.15, 0.2) is 18.3 Å². The lowest BCUT2D eigenvalue weighted by molar-refractivity contribution is -0.0511. The summed E-state index contributed by atoms with van der Waals surface area (Å²) in [5, 5.41) is 13.5. The summed E-state index contributed by atoms with van der Waals surface area (Å²) in [7, 11) is 0. The molecule has 2 rings (SSSR count). The Labute approximate surface area is 94.5 Å². The number of nitrogens with zero attached hydrogens (tertiary/aromatic N) is 1. The Hall–Kier alpha value is -0.800. The minimum absolute atomic E-state index is 0.0820. The van der Waals surface area contributed by atoms with Crippen molar-refractivity contribution in [2.24, 2.45) is 5.41 Å². The molecule has 2 unspecified atom stereocenters. The van der Waals surface area contributed by atoms with Crippen LogP contribution in [0.5, 0.6) is 0 Å². The smallest absolute Gasteiger partial charge is 0.126 e. The van der Waals surface area contributed by atoms with E-state index >= 15 is 0 Å². The first-order valence-electron chi connectivity index (χ1n) is 5.06. The van der Waals surface area contributed by atoms with Crippen molar-refractivity contribution in [1.82, 2.24) is 4.98 Å². The van der Waals surface area contributed by atoms with E-state index in [-0.39, 0.29) is 17.6 Å². The molecule has 2 N–H and O–H groups in total. The predicted molar refractivity (Wildman–Crippen MR) is 61.1 cm³/mol. The SMILES string of the molecule is CC1(C)C(O)CC1Nc1ccc(Cl)cn1. The molecular weight excluding hydrogens is 212 g/mol. The van der Waals surface area contributed by atoms with Gasteiger partial charge in [-0.15, -0.1) is 0 Å². The molecule has 1 heterocycles. The topological polar surface area (TPSA) is 45.1 Å². The van der Waals surface area contributed by atoms with E-state index in [4.69, 9.17) is 11.6 Å². The fraction of sp³-hybridized carbons (Fsp3) is 0.545. The van der Waals surface area contributed by atoms with Crippen LogP contribution in [0.4, 0.5) is 5.82 Å².